The van der Waals surface area contributed by atoms with E-state index in [1.165, 1.54) is 5.56 Å². The third kappa shape index (κ3) is 8.02. The Hall–Kier alpha value is -1.26. The van der Waals surface area contributed by atoms with E-state index < -0.39 is 0 Å². The molecule has 3 N–H and O–H groups in total. The molecule has 0 aromatic heterocycles. The highest BCUT2D eigenvalue weighted by Crippen LogP contribution is 2.13. The Bertz CT molecular complexity index is 380. The molecule has 114 valence electrons. The third-order valence-corrected chi connectivity index (χ3v) is 2.95. The van der Waals surface area contributed by atoms with Crippen LogP contribution in [0.3, 0.4) is 0 Å². The number of hydrogen-bond donors (Lipinski definition) is 2. The van der Waals surface area contributed by atoms with Crippen molar-refractivity contribution in [2.24, 2.45) is 5.73 Å². The van der Waals surface area contributed by atoms with Crippen LogP contribution in [-0.4, -0.2) is 25.6 Å². The number of rotatable bonds is 8. The largest absolute Gasteiger partial charge is 0.497 e. The molecule has 0 bridgehead atoms. The molecule has 4 nitrogen and oxygen atoms in total. The second-order valence-corrected chi connectivity index (χ2v) is 4.82. The van der Waals surface area contributed by atoms with Gasteiger partial charge in [0.15, 0.2) is 0 Å². The van der Waals surface area contributed by atoms with Gasteiger partial charge in [-0.15, -0.1) is 12.4 Å². The summed E-state index contributed by atoms with van der Waals surface area (Å²) >= 11 is 0. The van der Waals surface area contributed by atoms with Crippen molar-refractivity contribution in [3.63, 3.8) is 0 Å². The molecule has 20 heavy (non-hydrogen) atoms. The van der Waals surface area contributed by atoms with E-state index >= 15 is 0 Å². The number of nitrogens with one attached hydrogen (secondary N) is 1. The monoisotopic (exact) mass is 300 g/mol. The Morgan fingerprint density at radius 1 is 1.35 bits per heavy atom. The highest BCUT2D eigenvalue weighted by molar-refractivity contribution is 5.85. The molecule has 1 amide bonds. The van der Waals surface area contributed by atoms with Crippen molar-refractivity contribution in [2.45, 2.75) is 38.6 Å². The summed E-state index contributed by atoms with van der Waals surface area (Å²) in [6.45, 7) is 2.61. The minimum Gasteiger partial charge on any atom is -0.497 e. The fourth-order valence-corrected chi connectivity index (χ4v) is 1.77. The van der Waals surface area contributed by atoms with Gasteiger partial charge in [0, 0.05) is 19.0 Å². The van der Waals surface area contributed by atoms with Gasteiger partial charge in [0.2, 0.25) is 5.91 Å². The Balaban J connectivity index is 0.00000361. The van der Waals surface area contributed by atoms with Crippen LogP contribution in [0.25, 0.3) is 0 Å². The minimum atomic E-state index is 0. The highest BCUT2D eigenvalue weighted by Gasteiger charge is 2.02. The highest BCUT2D eigenvalue weighted by atomic mass is 35.5. The van der Waals surface area contributed by atoms with E-state index in [9.17, 15) is 4.79 Å². The van der Waals surface area contributed by atoms with Crippen LogP contribution in [0.1, 0.15) is 31.7 Å². The van der Waals surface area contributed by atoms with Crippen LogP contribution in [0.2, 0.25) is 0 Å². The van der Waals surface area contributed by atoms with Crippen LogP contribution in [0.4, 0.5) is 0 Å². The van der Waals surface area contributed by atoms with Crippen LogP contribution in [0.5, 0.6) is 5.75 Å². The molecule has 0 saturated heterocycles. The second kappa shape index (κ2) is 10.5. The van der Waals surface area contributed by atoms with Crippen molar-refractivity contribution in [1.29, 1.82) is 0 Å². The van der Waals surface area contributed by atoms with Crippen molar-refractivity contribution >= 4 is 18.3 Å². The minimum absolute atomic E-state index is 0. The van der Waals surface area contributed by atoms with E-state index in [-0.39, 0.29) is 24.4 Å². The van der Waals surface area contributed by atoms with E-state index in [1.54, 1.807) is 7.11 Å². The molecule has 0 heterocycles. The van der Waals surface area contributed by atoms with Crippen LogP contribution < -0.4 is 15.8 Å². The molecule has 5 heteroatoms. The Labute approximate surface area is 127 Å². The van der Waals surface area contributed by atoms with Crippen LogP contribution >= 0.6 is 12.4 Å². The van der Waals surface area contributed by atoms with Crippen LogP contribution in [-0.2, 0) is 11.2 Å². The molecule has 0 fully saturated rings. The summed E-state index contributed by atoms with van der Waals surface area (Å²) < 4.78 is 5.10. The average Bonchev–Trinajstić information content (AvgIpc) is 2.39. The summed E-state index contributed by atoms with van der Waals surface area (Å²) in [5.74, 6) is 0.964. The first-order valence-corrected chi connectivity index (χ1v) is 6.77. The number of halogens is 1. The summed E-state index contributed by atoms with van der Waals surface area (Å²) in [6, 6.07) is 8.09. The van der Waals surface area contributed by atoms with E-state index in [2.05, 4.69) is 5.32 Å². The number of aryl methyl sites for hydroxylation is 1. The van der Waals surface area contributed by atoms with Crippen molar-refractivity contribution < 1.29 is 9.53 Å². The van der Waals surface area contributed by atoms with Gasteiger partial charge in [-0.3, -0.25) is 4.79 Å². The number of amides is 1. The van der Waals surface area contributed by atoms with Crippen molar-refractivity contribution in [3.8, 4) is 5.75 Å². The first kappa shape index (κ1) is 18.7. The maximum Gasteiger partial charge on any atom is 0.220 e. The van der Waals surface area contributed by atoms with Crippen LogP contribution in [0.15, 0.2) is 24.3 Å². The van der Waals surface area contributed by atoms with Crippen molar-refractivity contribution in [1.82, 2.24) is 5.32 Å². The first-order valence-electron chi connectivity index (χ1n) is 6.77. The molecule has 0 aliphatic heterocycles. The lowest BCUT2D eigenvalue weighted by atomic mass is 10.1. The molecule has 1 unspecified atom stereocenters. The lowest BCUT2D eigenvalue weighted by molar-refractivity contribution is -0.121. The van der Waals surface area contributed by atoms with Crippen LogP contribution in [0, 0.1) is 0 Å². The summed E-state index contributed by atoms with van der Waals surface area (Å²) in [5, 5.41) is 2.88. The Morgan fingerprint density at radius 2 is 2.00 bits per heavy atom. The van der Waals surface area contributed by atoms with E-state index in [4.69, 9.17) is 10.5 Å². The fraction of sp³-hybridized carbons (Fsp3) is 0.533. The third-order valence-electron chi connectivity index (χ3n) is 2.95. The molecular weight excluding hydrogens is 276 g/mol. The molecule has 0 saturated carbocycles. The first-order chi connectivity index (χ1) is 9.11. The maximum atomic E-state index is 11.5. The second-order valence-electron chi connectivity index (χ2n) is 4.82. The van der Waals surface area contributed by atoms with Crippen molar-refractivity contribution in [3.05, 3.63) is 29.8 Å². The predicted molar refractivity (Wildman–Crippen MR) is 84.5 cm³/mol. The maximum absolute atomic E-state index is 11.5. The summed E-state index contributed by atoms with van der Waals surface area (Å²) in [6.07, 6.45) is 3.15. The number of nitrogens with two attached hydrogens (primary N) is 1. The van der Waals surface area contributed by atoms with Gasteiger partial charge in [-0.2, -0.15) is 0 Å². The normalized spacial score (nSPS) is 11.3. The lowest BCUT2D eigenvalue weighted by Crippen LogP contribution is -2.28. The number of carbonyl (C=O) groups excluding carboxylic acids is 1. The van der Waals surface area contributed by atoms with Gasteiger partial charge in [0.25, 0.3) is 0 Å². The standard InChI is InChI=1S/C15H24N2O2.ClH/c1-12(16)10-11-17-15(18)5-3-4-13-6-8-14(19-2)9-7-13;/h6-9,12H,3-5,10-11,16H2,1-2H3,(H,17,18);1H. The van der Waals surface area contributed by atoms with Gasteiger partial charge in [0.1, 0.15) is 5.75 Å². The molecule has 1 aromatic rings. The molecule has 1 atom stereocenters. The van der Waals surface area contributed by atoms with Gasteiger partial charge in [-0.1, -0.05) is 12.1 Å². The lowest BCUT2D eigenvalue weighted by Gasteiger charge is -2.07. The van der Waals surface area contributed by atoms with Crippen molar-refractivity contribution in [2.75, 3.05) is 13.7 Å². The SMILES string of the molecule is COc1ccc(CCCC(=O)NCCC(C)N)cc1.Cl. The quantitative estimate of drug-likeness (QED) is 0.774. The molecule has 0 aliphatic carbocycles. The number of carbonyl (C=O) groups is 1. The summed E-state index contributed by atoms with van der Waals surface area (Å²) in [5.41, 5.74) is 6.84. The predicted octanol–water partition coefficient (Wildman–Crippen LogP) is 2.29. The summed E-state index contributed by atoms with van der Waals surface area (Å²) in [4.78, 5) is 11.5. The average molecular weight is 301 g/mol. The Kier molecular flexibility index (Phi) is 9.86. The summed E-state index contributed by atoms with van der Waals surface area (Å²) in [7, 11) is 1.65. The topological polar surface area (TPSA) is 64.3 Å². The van der Waals surface area contributed by atoms with Gasteiger partial charge in [-0.25, -0.2) is 0 Å². The van der Waals surface area contributed by atoms with Gasteiger partial charge >= 0.3 is 0 Å². The zero-order chi connectivity index (χ0) is 14.1. The molecular formula is C15H25ClN2O2. The molecule has 0 aliphatic rings. The number of ether oxygens (including phenoxy) is 1. The van der Waals surface area contributed by atoms with Gasteiger partial charge in [-0.05, 0) is 43.9 Å². The molecule has 0 radical (unpaired) electrons. The van der Waals surface area contributed by atoms with Gasteiger partial charge < -0.3 is 15.8 Å². The van der Waals surface area contributed by atoms with E-state index in [0.717, 1.165) is 25.0 Å². The number of benzene rings is 1. The van der Waals surface area contributed by atoms with E-state index in [0.29, 0.717) is 13.0 Å². The van der Waals surface area contributed by atoms with Gasteiger partial charge in [0.05, 0.1) is 7.11 Å². The molecule has 0 spiro atoms. The molecule has 1 rings (SSSR count). The number of methoxy groups -OCH3 is 1. The smallest absolute Gasteiger partial charge is 0.220 e. The molecule has 1 aromatic carbocycles. The zero-order valence-corrected chi connectivity index (χ0v) is 13.0. The van der Waals surface area contributed by atoms with E-state index in [1.807, 2.05) is 31.2 Å². The number of hydrogen-bond acceptors (Lipinski definition) is 3. The fourth-order valence-electron chi connectivity index (χ4n) is 1.77. The zero-order valence-electron chi connectivity index (χ0n) is 12.2. The Morgan fingerprint density at radius 3 is 2.55 bits per heavy atom.